The topological polar surface area (TPSA) is 80.9 Å². The zero-order valence-corrected chi connectivity index (χ0v) is 11.6. The summed E-state index contributed by atoms with van der Waals surface area (Å²) in [5, 5.41) is 3.14. The summed E-state index contributed by atoms with van der Waals surface area (Å²) >= 11 is 1.22. The quantitative estimate of drug-likeness (QED) is 0.513. The molecule has 0 bridgehead atoms. The number of hydrogen-bond donors (Lipinski definition) is 2. The fraction of sp³-hybridized carbons (Fsp3) is 0.154. The van der Waals surface area contributed by atoms with Crippen LogP contribution in [0.25, 0.3) is 0 Å². The number of rotatable bonds is 4. The van der Waals surface area contributed by atoms with E-state index in [1.54, 1.807) is 12.4 Å². The standard InChI is InChI=1S/C13H13FN4OS/c1-8-5-16-13(17-6-8)20-7-12(19)18-11-3-2-9(14)4-10(11)15/h2-6H,7,15H2,1H3,(H,18,19). The molecule has 104 valence electrons. The van der Waals surface area contributed by atoms with Gasteiger partial charge in [-0.1, -0.05) is 11.8 Å². The average Bonchev–Trinajstić information content (AvgIpc) is 2.41. The Hall–Kier alpha value is -2.15. The van der Waals surface area contributed by atoms with Gasteiger partial charge in [0.25, 0.3) is 0 Å². The number of aromatic nitrogens is 2. The Labute approximate surface area is 119 Å². The highest BCUT2D eigenvalue weighted by Gasteiger charge is 2.08. The molecule has 0 fully saturated rings. The number of amides is 1. The number of nitrogens with one attached hydrogen (secondary N) is 1. The monoisotopic (exact) mass is 292 g/mol. The zero-order chi connectivity index (χ0) is 14.5. The van der Waals surface area contributed by atoms with Crippen molar-refractivity contribution in [3.8, 4) is 0 Å². The van der Waals surface area contributed by atoms with Crippen LogP contribution in [0.1, 0.15) is 5.56 Å². The van der Waals surface area contributed by atoms with Gasteiger partial charge >= 0.3 is 0 Å². The number of aryl methyl sites for hydroxylation is 1. The molecule has 0 aliphatic carbocycles. The van der Waals surface area contributed by atoms with Crippen molar-refractivity contribution in [2.75, 3.05) is 16.8 Å². The number of hydrogen-bond acceptors (Lipinski definition) is 5. The first-order valence-electron chi connectivity index (χ1n) is 5.81. The van der Waals surface area contributed by atoms with Crippen molar-refractivity contribution in [1.29, 1.82) is 0 Å². The summed E-state index contributed by atoms with van der Waals surface area (Å²) in [6, 6.07) is 3.82. The van der Waals surface area contributed by atoms with Gasteiger partial charge in [0.1, 0.15) is 5.82 Å². The van der Waals surface area contributed by atoms with Crippen LogP contribution >= 0.6 is 11.8 Å². The summed E-state index contributed by atoms with van der Waals surface area (Å²) in [6.45, 7) is 1.89. The molecule has 0 saturated heterocycles. The van der Waals surface area contributed by atoms with Gasteiger partial charge in [0.2, 0.25) is 5.91 Å². The molecule has 1 heterocycles. The molecule has 0 unspecified atom stereocenters. The van der Waals surface area contributed by atoms with Crippen LogP contribution in [0.3, 0.4) is 0 Å². The molecular weight excluding hydrogens is 279 g/mol. The van der Waals surface area contributed by atoms with Gasteiger partial charge < -0.3 is 11.1 Å². The molecule has 0 saturated carbocycles. The summed E-state index contributed by atoms with van der Waals surface area (Å²) < 4.78 is 12.9. The molecule has 2 rings (SSSR count). The van der Waals surface area contributed by atoms with E-state index in [0.717, 1.165) is 11.6 Å². The van der Waals surface area contributed by atoms with Crippen molar-refractivity contribution >= 4 is 29.0 Å². The maximum absolute atomic E-state index is 12.9. The first kappa shape index (κ1) is 14.3. The van der Waals surface area contributed by atoms with Crippen molar-refractivity contribution in [1.82, 2.24) is 9.97 Å². The molecule has 3 N–H and O–H groups in total. The van der Waals surface area contributed by atoms with Gasteiger partial charge in [-0.05, 0) is 30.7 Å². The number of anilines is 2. The SMILES string of the molecule is Cc1cnc(SCC(=O)Nc2ccc(F)cc2N)nc1. The lowest BCUT2D eigenvalue weighted by Gasteiger charge is -2.07. The van der Waals surface area contributed by atoms with Gasteiger partial charge in [0.15, 0.2) is 5.16 Å². The van der Waals surface area contributed by atoms with Crippen molar-refractivity contribution in [3.63, 3.8) is 0 Å². The molecule has 7 heteroatoms. The minimum Gasteiger partial charge on any atom is -0.397 e. The van der Waals surface area contributed by atoms with Crippen LogP contribution in [0.15, 0.2) is 35.7 Å². The van der Waals surface area contributed by atoms with Crippen LogP contribution in [0.5, 0.6) is 0 Å². The normalized spacial score (nSPS) is 10.3. The summed E-state index contributed by atoms with van der Waals surface area (Å²) in [5.41, 5.74) is 7.14. The average molecular weight is 292 g/mol. The second-order valence-electron chi connectivity index (χ2n) is 4.11. The first-order valence-corrected chi connectivity index (χ1v) is 6.79. The van der Waals surface area contributed by atoms with E-state index in [1.807, 2.05) is 6.92 Å². The Kier molecular flexibility index (Phi) is 4.52. The number of thioether (sulfide) groups is 1. The van der Waals surface area contributed by atoms with Crippen molar-refractivity contribution in [2.24, 2.45) is 0 Å². The summed E-state index contributed by atoms with van der Waals surface area (Å²) in [5.74, 6) is -0.541. The Morgan fingerprint density at radius 3 is 2.75 bits per heavy atom. The molecule has 0 aliphatic rings. The van der Waals surface area contributed by atoms with Gasteiger partial charge in [0.05, 0.1) is 17.1 Å². The third kappa shape index (κ3) is 3.92. The van der Waals surface area contributed by atoms with Gasteiger partial charge in [-0.2, -0.15) is 0 Å². The Bertz CT molecular complexity index is 618. The number of benzene rings is 1. The Morgan fingerprint density at radius 2 is 2.10 bits per heavy atom. The largest absolute Gasteiger partial charge is 0.397 e. The maximum atomic E-state index is 12.9. The fourth-order valence-corrected chi connectivity index (χ4v) is 2.01. The Balaban J connectivity index is 1.90. The van der Waals surface area contributed by atoms with E-state index in [4.69, 9.17) is 5.73 Å². The van der Waals surface area contributed by atoms with Gasteiger partial charge in [-0.3, -0.25) is 4.79 Å². The van der Waals surface area contributed by atoms with Gasteiger partial charge in [-0.25, -0.2) is 14.4 Å². The highest BCUT2D eigenvalue weighted by molar-refractivity contribution is 7.99. The third-order valence-corrected chi connectivity index (χ3v) is 3.25. The molecule has 2 aromatic rings. The van der Waals surface area contributed by atoms with Crippen molar-refractivity contribution in [2.45, 2.75) is 12.1 Å². The molecule has 1 aromatic heterocycles. The number of nitrogen functional groups attached to an aromatic ring is 1. The zero-order valence-electron chi connectivity index (χ0n) is 10.8. The van der Waals surface area contributed by atoms with Crippen LogP contribution in [-0.2, 0) is 4.79 Å². The number of nitrogens with zero attached hydrogens (tertiary/aromatic N) is 2. The first-order chi connectivity index (χ1) is 9.54. The lowest BCUT2D eigenvalue weighted by Crippen LogP contribution is -2.15. The van der Waals surface area contributed by atoms with Gasteiger partial charge in [-0.15, -0.1) is 0 Å². The minimum atomic E-state index is -0.442. The van der Waals surface area contributed by atoms with Crippen LogP contribution < -0.4 is 11.1 Å². The third-order valence-electron chi connectivity index (χ3n) is 2.38. The maximum Gasteiger partial charge on any atom is 0.234 e. The lowest BCUT2D eigenvalue weighted by molar-refractivity contribution is -0.113. The lowest BCUT2D eigenvalue weighted by atomic mass is 10.2. The summed E-state index contributed by atoms with van der Waals surface area (Å²) in [4.78, 5) is 19.9. The second kappa shape index (κ2) is 6.33. The van der Waals surface area contributed by atoms with E-state index in [1.165, 1.54) is 23.9 Å². The molecule has 5 nitrogen and oxygen atoms in total. The number of carbonyl (C=O) groups is 1. The van der Waals surface area contributed by atoms with E-state index in [-0.39, 0.29) is 17.3 Å². The number of halogens is 1. The summed E-state index contributed by atoms with van der Waals surface area (Å²) in [7, 11) is 0. The molecule has 0 aliphatic heterocycles. The van der Waals surface area contributed by atoms with Crippen LogP contribution in [0.4, 0.5) is 15.8 Å². The van der Waals surface area contributed by atoms with Gasteiger partial charge in [0, 0.05) is 12.4 Å². The number of nitrogens with two attached hydrogens (primary N) is 1. The predicted octanol–water partition coefficient (Wildman–Crippen LogP) is 2.24. The van der Waals surface area contributed by atoms with E-state index in [9.17, 15) is 9.18 Å². The molecular formula is C13H13FN4OS. The molecule has 0 atom stereocenters. The molecule has 0 radical (unpaired) electrons. The predicted molar refractivity (Wildman–Crippen MR) is 76.9 cm³/mol. The van der Waals surface area contributed by atoms with E-state index >= 15 is 0 Å². The second-order valence-corrected chi connectivity index (χ2v) is 5.05. The van der Waals surface area contributed by atoms with E-state index < -0.39 is 5.82 Å². The van der Waals surface area contributed by atoms with E-state index in [0.29, 0.717) is 10.8 Å². The Morgan fingerprint density at radius 1 is 1.40 bits per heavy atom. The van der Waals surface area contributed by atoms with Crippen molar-refractivity contribution < 1.29 is 9.18 Å². The van der Waals surface area contributed by atoms with E-state index in [2.05, 4.69) is 15.3 Å². The molecule has 1 aromatic carbocycles. The molecule has 20 heavy (non-hydrogen) atoms. The number of carbonyl (C=O) groups excluding carboxylic acids is 1. The molecule has 0 spiro atoms. The fourth-order valence-electron chi connectivity index (χ4n) is 1.42. The molecule has 1 amide bonds. The highest BCUT2D eigenvalue weighted by atomic mass is 32.2. The minimum absolute atomic E-state index is 0.153. The van der Waals surface area contributed by atoms with Crippen LogP contribution in [0, 0.1) is 12.7 Å². The highest BCUT2D eigenvalue weighted by Crippen LogP contribution is 2.20. The summed E-state index contributed by atoms with van der Waals surface area (Å²) in [6.07, 6.45) is 3.37. The van der Waals surface area contributed by atoms with Crippen molar-refractivity contribution in [3.05, 3.63) is 42.0 Å². The van der Waals surface area contributed by atoms with Crippen LogP contribution in [0.2, 0.25) is 0 Å². The smallest absolute Gasteiger partial charge is 0.234 e. The van der Waals surface area contributed by atoms with Crippen LogP contribution in [-0.4, -0.2) is 21.6 Å².